The highest BCUT2D eigenvalue weighted by Gasteiger charge is 2.27. The monoisotopic (exact) mass is 213 g/mol. The van der Waals surface area contributed by atoms with Crippen LogP contribution in [0, 0.1) is 11.8 Å². The predicted molar refractivity (Wildman–Crippen MR) is 60.8 cm³/mol. The lowest BCUT2D eigenvalue weighted by atomic mass is 9.85. The molecule has 0 radical (unpaired) electrons. The van der Waals surface area contributed by atoms with Crippen molar-refractivity contribution in [3.05, 3.63) is 0 Å². The number of carboxylic acids is 1. The standard InChI is InChI=1S/C12H23NO2/c1-8(2)9(3)13-11-6-4-5-10(7-11)12(14)15/h8-11,13H,4-7H2,1-3H3,(H,14,15). The molecule has 3 nitrogen and oxygen atoms in total. The van der Waals surface area contributed by atoms with Gasteiger partial charge in [-0.2, -0.15) is 0 Å². The van der Waals surface area contributed by atoms with Crippen LogP contribution < -0.4 is 5.32 Å². The fourth-order valence-corrected chi connectivity index (χ4v) is 2.13. The molecule has 1 aliphatic carbocycles. The zero-order valence-corrected chi connectivity index (χ0v) is 9.99. The summed E-state index contributed by atoms with van der Waals surface area (Å²) in [5.74, 6) is -0.149. The fraction of sp³-hybridized carbons (Fsp3) is 0.917. The molecule has 1 rings (SSSR count). The Labute approximate surface area is 92.3 Å². The van der Waals surface area contributed by atoms with Gasteiger partial charge in [-0.25, -0.2) is 0 Å². The van der Waals surface area contributed by atoms with Gasteiger partial charge < -0.3 is 10.4 Å². The van der Waals surface area contributed by atoms with Crippen molar-refractivity contribution in [1.29, 1.82) is 0 Å². The first-order chi connectivity index (χ1) is 7.00. The highest BCUT2D eigenvalue weighted by atomic mass is 16.4. The first kappa shape index (κ1) is 12.5. The summed E-state index contributed by atoms with van der Waals surface area (Å²) in [4.78, 5) is 10.9. The number of nitrogens with one attached hydrogen (secondary N) is 1. The number of hydrogen-bond donors (Lipinski definition) is 2. The molecule has 1 saturated carbocycles. The molecule has 0 spiro atoms. The lowest BCUT2D eigenvalue weighted by Gasteiger charge is -2.31. The minimum absolute atomic E-state index is 0.129. The third kappa shape index (κ3) is 3.82. The molecule has 0 aromatic heterocycles. The van der Waals surface area contributed by atoms with Crippen LogP contribution in [0.2, 0.25) is 0 Å². The lowest BCUT2D eigenvalue weighted by molar-refractivity contribution is -0.143. The smallest absolute Gasteiger partial charge is 0.306 e. The summed E-state index contributed by atoms with van der Waals surface area (Å²) < 4.78 is 0. The van der Waals surface area contributed by atoms with Crippen LogP contribution >= 0.6 is 0 Å². The summed E-state index contributed by atoms with van der Waals surface area (Å²) in [6, 6.07) is 0.875. The van der Waals surface area contributed by atoms with Crippen molar-refractivity contribution in [2.75, 3.05) is 0 Å². The van der Waals surface area contributed by atoms with E-state index in [-0.39, 0.29) is 5.92 Å². The average molecular weight is 213 g/mol. The number of carbonyl (C=O) groups is 1. The van der Waals surface area contributed by atoms with Gasteiger partial charge in [-0.15, -0.1) is 0 Å². The minimum Gasteiger partial charge on any atom is -0.481 e. The molecule has 3 unspecified atom stereocenters. The van der Waals surface area contributed by atoms with Crippen molar-refractivity contribution >= 4 is 5.97 Å². The largest absolute Gasteiger partial charge is 0.481 e. The summed E-state index contributed by atoms with van der Waals surface area (Å²) in [6.07, 6.45) is 3.82. The van der Waals surface area contributed by atoms with E-state index >= 15 is 0 Å². The first-order valence-corrected chi connectivity index (χ1v) is 5.99. The Kier molecular flexibility index (Phi) is 4.58. The Balaban J connectivity index is 2.39. The highest BCUT2D eigenvalue weighted by Crippen LogP contribution is 2.25. The Hall–Kier alpha value is -0.570. The molecule has 0 heterocycles. The third-order valence-corrected chi connectivity index (χ3v) is 3.52. The lowest BCUT2D eigenvalue weighted by Crippen LogP contribution is -2.43. The maximum atomic E-state index is 10.9. The van der Waals surface area contributed by atoms with Crippen LogP contribution in [0.25, 0.3) is 0 Å². The molecule has 3 heteroatoms. The molecule has 2 N–H and O–H groups in total. The topological polar surface area (TPSA) is 49.3 Å². The van der Waals surface area contributed by atoms with E-state index in [1.165, 1.54) is 0 Å². The van der Waals surface area contributed by atoms with E-state index in [1.807, 2.05) is 0 Å². The summed E-state index contributed by atoms with van der Waals surface area (Å²) in [6.45, 7) is 6.55. The SMILES string of the molecule is CC(C)C(C)NC1CCCC(C(=O)O)C1. The molecule has 0 aromatic rings. The van der Waals surface area contributed by atoms with E-state index in [0.717, 1.165) is 25.7 Å². The summed E-state index contributed by atoms with van der Waals surface area (Å²) >= 11 is 0. The van der Waals surface area contributed by atoms with Crippen LogP contribution in [0.5, 0.6) is 0 Å². The van der Waals surface area contributed by atoms with Gasteiger partial charge in [0.05, 0.1) is 5.92 Å². The Morgan fingerprint density at radius 2 is 2.00 bits per heavy atom. The van der Waals surface area contributed by atoms with Crippen LogP contribution in [0.4, 0.5) is 0 Å². The minimum atomic E-state index is -0.626. The van der Waals surface area contributed by atoms with Crippen molar-refractivity contribution in [2.24, 2.45) is 11.8 Å². The summed E-state index contributed by atoms with van der Waals surface area (Å²) in [7, 11) is 0. The molecule has 0 saturated heterocycles. The van der Waals surface area contributed by atoms with Crippen molar-refractivity contribution in [2.45, 2.75) is 58.5 Å². The van der Waals surface area contributed by atoms with Gasteiger partial charge in [-0.05, 0) is 32.1 Å². The van der Waals surface area contributed by atoms with E-state index in [9.17, 15) is 4.79 Å². The van der Waals surface area contributed by atoms with Gasteiger partial charge >= 0.3 is 5.97 Å². The van der Waals surface area contributed by atoms with E-state index in [0.29, 0.717) is 18.0 Å². The van der Waals surface area contributed by atoms with Gasteiger partial charge in [0.15, 0.2) is 0 Å². The number of aliphatic carboxylic acids is 1. The van der Waals surface area contributed by atoms with Crippen molar-refractivity contribution < 1.29 is 9.90 Å². The second kappa shape index (κ2) is 5.50. The molecule has 88 valence electrons. The van der Waals surface area contributed by atoms with Crippen LogP contribution in [0.1, 0.15) is 46.5 Å². The molecule has 3 atom stereocenters. The maximum Gasteiger partial charge on any atom is 0.306 e. The Morgan fingerprint density at radius 3 is 2.53 bits per heavy atom. The summed E-state index contributed by atoms with van der Waals surface area (Å²) in [5, 5.41) is 12.5. The molecule has 0 aromatic carbocycles. The predicted octanol–water partition coefficient (Wildman–Crippen LogP) is 2.26. The quantitative estimate of drug-likeness (QED) is 0.753. The van der Waals surface area contributed by atoms with Crippen molar-refractivity contribution in [3.63, 3.8) is 0 Å². The van der Waals surface area contributed by atoms with Crippen LogP contribution in [0.3, 0.4) is 0 Å². The van der Waals surface area contributed by atoms with Crippen LogP contribution in [-0.2, 0) is 4.79 Å². The average Bonchev–Trinajstić information content (AvgIpc) is 2.18. The number of hydrogen-bond acceptors (Lipinski definition) is 2. The van der Waals surface area contributed by atoms with Crippen LogP contribution in [0.15, 0.2) is 0 Å². The van der Waals surface area contributed by atoms with Gasteiger partial charge in [0.25, 0.3) is 0 Å². The molecule has 1 fully saturated rings. The zero-order chi connectivity index (χ0) is 11.4. The van der Waals surface area contributed by atoms with E-state index in [2.05, 4.69) is 26.1 Å². The van der Waals surface area contributed by atoms with Gasteiger partial charge in [0.2, 0.25) is 0 Å². The molecular formula is C12H23NO2. The van der Waals surface area contributed by atoms with Crippen LogP contribution in [-0.4, -0.2) is 23.2 Å². The molecular weight excluding hydrogens is 190 g/mol. The van der Waals surface area contributed by atoms with E-state index in [4.69, 9.17) is 5.11 Å². The maximum absolute atomic E-state index is 10.9. The van der Waals surface area contributed by atoms with E-state index in [1.54, 1.807) is 0 Å². The molecule has 0 amide bonds. The molecule has 1 aliphatic rings. The Morgan fingerprint density at radius 1 is 1.33 bits per heavy atom. The number of carboxylic acid groups (broad SMARTS) is 1. The van der Waals surface area contributed by atoms with Gasteiger partial charge in [-0.1, -0.05) is 20.3 Å². The second-order valence-electron chi connectivity index (χ2n) is 5.10. The Bertz CT molecular complexity index is 216. The fourth-order valence-electron chi connectivity index (χ4n) is 2.13. The van der Waals surface area contributed by atoms with Crippen molar-refractivity contribution in [1.82, 2.24) is 5.32 Å². The van der Waals surface area contributed by atoms with Crippen molar-refractivity contribution in [3.8, 4) is 0 Å². The normalized spacial score (nSPS) is 29.1. The molecule has 0 aliphatic heterocycles. The second-order valence-corrected chi connectivity index (χ2v) is 5.10. The first-order valence-electron chi connectivity index (χ1n) is 5.99. The number of rotatable bonds is 4. The highest BCUT2D eigenvalue weighted by molar-refractivity contribution is 5.70. The van der Waals surface area contributed by atoms with E-state index < -0.39 is 5.97 Å². The third-order valence-electron chi connectivity index (χ3n) is 3.52. The van der Waals surface area contributed by atoms with Gasteiger partial charge in [0, 0.05) is 12.1 Å². The van der Waals surface area contributed by atoms with Gasteiger partial charge in [-0.3, -0.25) is 4.79 Å². The molecule has 15 heavy (non-hydrogen) atoms. The van der Waals surface area contributed by atoms with Gasteiger partial charge in [0.1, 0.15) is 0 Å². The summed E-state index contributed by atoms with van der Waals surface area (Å²) in [5.41, 5.74) is 0. The zero-order valence-electron chi connectivity index (χ0n) is 9.99. The molecule has 0 bridgehead atoms.